The smallest absolute Gasteiger partial charge is 0.0492 e. The topological polar surface area (TPSA) is 4.93 Å². The van der Waals surface area contributed by atoms with Gasteiger partial charge in [0.1, 0.15) is 0 Å². The normalized spacial score (nSPS) is 16.8. The number of hydrogen-bond donors (Lipinski definition) is 0. The minimum atomic E-state index is -0.0297. The van der Waals surface area contributed by atoms with Gasteiger partial charge in [-0.15, -0.1) is 0 Å². The Bertz CT molecular complexity index is 1500. The molecule has 156 valence electrons. The molecule has 4 aromatic carbocycles. The maximum Gasteiger partial charge on any atom is 0.0492 e. The molecule has 2 aliphatic rings. The van der Waals surface area contributed by atoms with Gasteiger partial charge in [-0.05, 0) is 56.6 Å². The fraction of sp³-hybridized carbons (Fsp3) is 0.226. The van der Waals surface area contributed by atoms with Crippen LogP contribution in [0.2, 0.25) is 0 Å². The number of nitrogens with zero attached hydrogens (tertiary/aromatic N) is 1. The molecule has 1 heterocycles. The fourth-order valence-corrected chi connectivity index (χ4v) is 6.92. The van der Waals surface area contributed by atoms with E-state index in [2.05, 4.69) is 112 Å². The molecule has 0 bridgehead atoms. The highest BCUT2D eigenvalue weighted by Gasteiger charge is 2.41. The first-order valence-electron chi connectivity index (χ1n) is 11.6. The van der Waals surface area contributed by atoms with Gasteiger partial charge in [0.2, 0.25) is 0 Å². The number of hydrogen-bond acceptors (Lipinski definition) is 0. The summed E-state index contributed by atoms with van der Waals surface area (Å²) in [6.07, 6.45) is 0. The Labute approximate surface area is 189 Å². The summed E-state index contributed by atoms with van der Waals surface area (Å²) in [7, 11) is 2.23. The molecule has 0 radical (unpaired) electrons. The van der Waals surface area contributed by atoms with Crippen molar-refractivity contribution in [2.24, 2.45) is 7.05 Å². The van der Waals surface area contributed by atoms with E-state index in [1.807, 2.05) is 0 Å². The van der Waals surface area contributed by atoms with Gasteiger partial charge in [0.25, 0.3) is 0 Å². The molecule has 1 aromatic heterocycles. The summed E-state index contributed by atoms with van der Waals surface area (Å²) >= 11 is 0. The van der Waals surface area contributed by atoms with Crippen molar-refractivity contribution < 1.29 is 0 Å². The van der Waals surface area contributed by atoms with Crippen molar-refractivity contribution in [2.45, 2.75) is 38.5 Å². The highest BCUT2D eigenvalue weighted by Crippen LogP contribution is 2.57. The summed E-state index contributed by atoms with van der Waals surface area (Å²) < 4.78 is 2.41. The average Bonchev–Trinajstić information content (AvgIpc) is 3.31. The first-order valence-corrected chi connectivity index (χ1v) is 11.6. The Morgan fingerprint density at radius 1 is 0.500 bits per heavy atom. The predicted molar refractivity (Wildman–Crippen MR) is 136 cm³/mol. The third-order valence-corrected chi connectivity index (χ3v) is 8.37. The van der Waals surface area contributed by atoms with E-state index in [0.717, 1.165) is 0 Å². The van der Waals surface area contributed by atoms with Crippen LogP contribution in [0.1, 0.15) is 49.9 Å². The molecule has 5 aromatic rings. The van der Waals surface area contributed by atoms with Gasteiger partial charge in [-0.3, -0.25) is 0 Å². The summed E-state index contributed by atoms with van der Waals surface area (Å²) in [4.78, 5) is 0. The molecular formula is C31H27N. The van der Waals surface area contributed by atoms with Crippen LogP contribution in [0.25, 0.3) is 44.1 Å². The summed E-state index contributed by atoms with van der Waals surface area (Å²) in [5.74, 6) is 0. The largest absolute Gasteiger partial charge is 0.344 e. The van der Waals surface area contributed by atoms with Crippen LogP contribution in [0.15, 0.2) is 72.8 Å². The molecule has 0 aliphatic heterocycles. The van der Waals surface area contributed by atoms with Gasteiger partial charge in [0.05, 0.1) is 0 Å². The van der Waals surface area contributed by atoms with Gasteiger partial charge < -0.3 is 4.57 Å². The molecule has 0 unspecified atom stereocenters. The van der Waals surface area contributed by atoms with E-state index in [1.54, 1.807) is 0 Å². The number of aryl methyl sites for hydroxylation is 1. The lowest BCUT2D eigenvalue weighted by atomic mass is 9.77. The Balaban J connectivity index is 1.72. The standard InChI is InChI=1S/C31H27N/c1-30(2)22-12-8-6-10-18(22)20-14-16-24-26(28(20)30)27-25(32(24)5)17-15-21-19-11-7-9-13-23(19)31(3,4)29(21)27/h6-17H,1-5H3. The number of fused-ring (bicyclic) bond motifs is 11. The van der Waals surface area contributed by atoms with Gasteiger partial charge >= 0.3 is 0 Å². The number of aromatic nitrogens is 1. The van der Waals surface area contributed by atoms with E-state index >= 15 is 0 Å². The lowest BCUT2D eigenvalue weighted by Gasteiger charge is -2.25. The van der Waals surface area contributed by atoms with Crippen LogP contribution in [-0.2, 0) is 17.9 Å². The van der Waals surface area contributed by atoms with Crippen molar-refractivity contribution in [1.82, 2.24) is 4.57 Å². The fourth-order valence-electron chi connectivity index (χ4n) is 6.92. The van der Waals surface area contributed by atoms with Crippen LogP contribution < -0.4 is 0 Å². The van der Waals surface area contributed by atoms with Crippen LogP contribution >= 0.6 is 0 Å². The molecule has 2 aliphatic carbocycles. The molecule has 1 nitrogen and oxygen atoms in total. The zero-order chi connectivity index (χ0) is 22.0. The zero-order valence-corrected chi connectivity index (χ0v) is 19.4. The molecule has 0 saturated carbocycles. The van der Waals surface area contributed by atoms with Crippen LogP contribution in [-0.4, -0.2) is 4.57 Å². The Morgan fingerprint density at radius 2 is 0.906 bits per heavy atom. The van der Waals surface area contributed by atoms with Crippen LogP contribution in [0.4, 0.5) is 0 Å². The first-order chi connectivity index (χ1) is 15.3. The van der Waals surface area contributed by atoms with Gasteiger partial charge in [-0.2, -0.15) is 0 Å². The molecule has 0 N–H and O–H groups in total. The maximum absolute atomic E-state index is 2.41. The van der Waals surface area contributed by atoms with Gasteiger partial charge in [0.15, 0.2) is 0 Å². The third-order valence-electron chi connectivity index (χ3n) is 8.37. The predicted octanol–water partition coefficient (Wildman–Crippen LogP) is 7.94. The van der Waals surface area contributed by atoms with E-state index in [1.165, 1.54) is 66.3 Å². The van der Waals surface area contributed by atoms with E-state index in [-0.39, 0.29) is 10.8 Å². The van der Waals surface area contributed by atoms with E-state index in [0.29, 0.717) is 0 Å². The van der Waals surface area contributed by atoms with Gasteiger partial charge in [-0.1, -0.05) is 88.4 Å². The Hall–Kier alpha value is -3.32. The summed E-state index contributed by atoms with van der Waals surface area (Å²) in [5.41, 5.74) is 14.0. The second kappa shape index (κ2) is 5.53. The van der Waals surface area contributed by atoms with Crippen molar-refractivity contribution in [3.05, 3.63) is 95.1 Å². The van der Waals surface area contributed by atoms with Crippen LogP contribution in [0.3, 0.4) is 0 Å². The average molecular weight is 414 g/mol. The summed E-state index contributed by atoms with van der Waals surface area (Å²) in [5, 5.41) is 2.89. The maximum atomic E-state index is 2.41. The van der Waals surface area contributed by atoms with E-state index in [9.17, 15) is 0 Å². The molecule has 0 fully saturated rings. The third kappa shape index (κ3) is 1.88. The van der Waals surface area contributed by atoms with Gasteiger partial charge in [-0.25, -0.2) is 0 Å². The minimum absolute atomic E-state index is 0.0297. The molecule has 0 saturated heterocycles. The quantitative estimate of drug-likeness (QED) is 0.243. The van der Waals surface area contributed by atoms with Crippen molar-refractivity contribution in [3.8, 4) is 22.3 Å². The molecule has 0 amide bonds. The molecule has 7 rings (SSSR count). The number of rotatable bonds is 0. The molecule has 1 heteroatoms. The molecule has 32 heavy (non-hydrogen) atoms. The van der Waals surface area contributed by atoms with Crippen LogP contribution in [0.5, 0.6) is 0 Å². The summed E-state index contributed by atoms with van der Waals surface area (Å²) in [6.45, 7) is 9.61. The lowest BCUT2D eigenvalue weighted by molar-refractivity contribution is 0.662. The molecular weight excluding hydrogens is 386 g/mol. The zero-order valence-electron chi connectivity index (χ0n) is 19.4. The second-order valence-electron chi connectivity index (χ2n) is 10.7. The highest BCUT2D eigenvalue weighted by molar-refractivity contribution is 6.17. The molecule has 0 atom stereocenters. The monoisotopic (exact) mass is 413 g/mol. The summed E-state index contributed by atoms with van der Waals surface area (Å²) in [6, 6.07) is 27.3. The van der Waals surface area contributed by atoms with Crippen molar-refractivity contribution in [2.75, 3.05) is 0 Å². The second-order valence-corrected chi connectivity index (χ2v) is 10.7. The van der Waals surface area contributed by atoms with E-state index < -0.39 is 0 Å². The van der Waals surface area contributed by atoms with Crippen molar-refractivity contribution in [3.63, 3.8) is 0 Å². The Morgan fingerprint density at radius 3 is 1.34 bits per heavy atom. The van der Waals surface area contributed by atoms with Crippen molar-refractivity contribution >= 4 is 21.8 Å². The number of benzene rings is 4. The minimum Gasteiger partial charge on any atom is -0.344 e. The van der Waals surface area contributed by atoms with Crippen LogP contribution in [0, 0.1) is 0 Å². The highest BCUT2D eigenvalue weighted by atomic mass is 14.9. The first kappa shape index (κ1) is 18.3. The van der Waals surface area contributed by atoms with E-state index in [4.69, 9.17) is 0 Å². The SMILES string of the molecule is Cn1c2ccc3c(c2c2c4c(ccc21)-c1ccccc1C4(C)C)C(C)(C)c1ccccc1-3. The van der Waals surface area contributed by atoms with Gasteiger partial charge in [0, 0.05) is 39.7 Å². The Kier molecular flexibility index (Phi) is 3.16. The van der Waals surface area contributed by atoms with Crippen molar-refractivity contribution in [1.29, 1.82) is 0 Å². The molecule has 0 spiro atoms. The lowest BCUT2D eigenvalue weighted by Crippen LogP contribution is -2.17.